The number of fused-ring (bicyclic) bond motifs is 3. The van der Waals surface area contributed by atoms with E-state index >= 15 is 0 Å². The average molecular weight is 263 g/mol. The normalized spacial score (nSPS) is 12.2. The van der Waals surface area contributed by atoms with Gasteiger partial charge in [-0.3, -0.25) is 4.98 Å². The van der Waals surface area contributed by atoms with Gasteiger partial charge >= 0.3 is 6.18 Å². The zero-order valence-corrected chi connectivity index (χ0v) is 9.57. The molecule has 0 saturated heterocycles. The molecule has 0 radical (unpaired) electrons. The van der Waals surface area contributed by atoms with Gasteiger partial charge in [0.05, 0.1) is 11.1 Å². The third kappa shape index (κ3) is 1.85. The van der Waals surface area contributed by atoms with Crippen LogP contribution in [0.4, 0.5) is 19.0 Å². The molecule has 2 heterocycles. The van der Waals surface area contributed by atoms with Crippen molar-refractivity contribution in [2.24, 2.45) is 0 Å². The van der Waals surface area contributed by atoms with Crippen LogP contribution < -0.4 is 5.73 Å². The Morgan fingerprint density at radius 3 is 2.58 bits per heavy atom. The lowest BCUT2D eigenvalue weighted by atomic mass is 10.1. The highest BCUT2D eigenvalue weighted by atomic mass is 19.4. The number of nitrogens with zero attached hydrogens (tertiary/aromatic N) is 2. The second-order valence-corrected chi connectivity index (χ2v) is 4.13. The summed E-state index contributed by atoms with van der Waals surface area (Å²) < 4.78 is 38.0. The number of nitrogens with two attached hydrogens (primary N) is 1. The fourth-order valence-electron chi connectivity index (χ4n) is 2.04. The fraction of sp³-hybridized carbons (Fsp3) is 0.0769. The summed E-state index contributed by atoms with van der Waals surface area (Å²) in [5.41, 5.74) is 5.70. The molecule has 3 aromatic rings. The first-order chi connectivity index (χ1) is 8.97. The van der Waals surface area contributed by atoms with E-state index < -0.39 is 11.7 Å². The van der Waals surface area contributed by atoms with E-state index in [1.807, 2.05) is 0 Å². The van der Waals surface area contributed by atoms with Gasteiger partial charge in [0.1, 0.15) is 5.52 Å². The Hall–Kier alpha value is -2.37. The maximum Gasteiger partial charge on any atom is 0.416 e. The van der Waals surface area contributed by atoms with Gasteiger partial charge in [-0.25, -0.2) is 4.98 Å². The number of hydrogen-bond donors (Lipinski definition) is 1. The van der Waals surface area contributed by atoms with Crippen LogP contribution in [-0.4, -0.2) is 9.97 Å². The van der Waals surface area contributed by atoms with E-state index in [1.165, 1.54) is 6.07 Å². The molecule has 19 heavy (non-hydrogen) atoms. The van der Waals surface area contributed by atoms with Gasteiger partial charge in [0.25, 0.3) is 0 Å². The summed E-state index contributed by atoms with van der Waals surface area (Å²) in [5, 5.41) is 1.30. The van der Waals surface area contributed by atoms with Crippen molar-refractivity contribution in [1.82, 2.24) is 9.97 Å². The Labute approximate surface area is 105 Å². The average Bonchev–Trinajstić information content (AvgIpc) is 2.37. The molecule has 6 heteroatoms. The molecule has 0 atom stereocenters. The Balaban J connectivity index is 2.40. The Kier molecular flexibility index (Phi) is 2.35. The van der Waals surface area contributed by atoms with Crippen LogP contribution in [0.15, 0.2) is 36.5 Å². The van der Waals surface area contributed by atoms with Crippen molar-refractivity contribution in [2.45, 2.75) is 6.18 Å². The zero-order valence-electron chi connectivity index (χ0n) is 9.57. The second-order valence-electron chi connectivity index (χ2n) is 4.13. The van der Waals surface area contributed by atoms with Gasteiger partial charge in [-0.05, 0) is 18.2 Å². The predicted octanol–water partition coefficient (Wildman–Crippen LogP) is 3.38. The molecule has 0 bridgehead atoms. The highest BCUT2D eigenvalue weighted by Gasteiger charge is 2.30. The fourth-order valence-corrected chi connectivity index (χ4v) is 2.04. The van der Waals surface area contributed by atoms with Crippen LogP contribution in [0.1, 0.15) is 5.56 Å². The molecule has 0 spiro atoms. The topological polar surface area (TPSA) is 51.8 Å². The molecule has 96 valence electrons. The minimum Gasteiger partial charge on any atom is -0.382 e. The van der Waals surface area contributed by atoms with Crippen LogP contribution in [0, 0.1) is 0 Å². The second kappa shape index (κ2) is 3.81. The highest BCUT2D eigenvalue weighted by molar-refractivity contribution is 6.07. The molecule has 2 N–H and O–H groups in total. The van der Waals surface area contributed by atoms with Crippen LogP contribution in [0.5, 0.6) is 0 Å². The van der Waals surface area contributed by atoms with Crippen LogP contribution in [-0.2, 0) is 6.18 Å². The molecule has 0 aliphatic heterocycles. The number of anilines is 1. The molecule has 2 aromatic heterocycles. The third-order valence-corrected chi connectivity index (χ3v) is 2.91. The van der Waals surface area contributed by atoms with E-state index in [0.29, 0.717) is 16.3 Å². The molecule has 1 aromatic carbocycles. The number of hydrogen-bond acceptors (Lipinski definition) is 3. The summed E-state index contributed by atoms with van der Waals surface area (Å²) in [7, 11) is 0. The molecule has 0 aliphatic rings. The van der Waals surface area contributed by atoms with Crippen molar-refractivity contribution in [3.05, 3.63) is 42.1 Å². The molecular weight excluding hydrogens is 255 g/mol. The highest BCUT2D eigenvalue weighted by Crippen LogP contribution is 2.33. The van der Waals surface area contributed by atoms with Gasteiger partial charge in [-0.1, -0.05) is 12.1 Å². The van der Waals surface area contributed by atoms with Crippen LogP contribution in [0.3, 0.4) is 0 Å². The molecule has 0 aliphatic carbocycles. The number of benzene rings is 1. The lowest BCUT2D eigenvalue weighted by Crippen LogP contribution is -2.05. The molecular formula is C13H8F3N3. The summed E-state index contributed by atoms with van der Waals surface area (Å²) in [4.78, 5) is 8.09. The number of pyridine rings is 2. The van der Waals surface area contributed by atoms with Crippen LogP contribution in [0.25, 0.3) is 21.8 Å². The third-order valence-electron chi connectivity index (χ3n) is 2.91. The van der Waals surface area contributed by atoms with Gasteiger partial charge in [0, 0.05) is 17.0 Å². The number of aromatic nitrogens is 2. The number of alkyl halides is 3. The lowest BCUT2D eigenvalue weighted by molar-refractivity contribution is -0.137. The minimum atomic E-state index is -4.39. The molecule has 0 amide bonds. The lowest BCUT2D eigenvalue weighted by Gasteiger charge is -2.09. The van der Waals surface area contributed by atoms with Crippen molar-refractivity contribution in [2.75, 3.05) is 5.73 Å². The van der Waals surface area contributed by atoms with Gasteiger partial charge in [-0.2, -0.15) is 13.2 Å². The van der Waals surface area contributed by atoms with Crippen LogP contribution >= 0.6 is 0 Å². The maximum atomic E-state index is 12.7. The predicted molar refractivity (Wildman–Crippen MR) is 66.5 cm³/mol. The largest absolute Gasteiger partial charge is 0.416 e. The smallest absolute Gasteiger partial charge is 0.382 e. The van der Waals surface area contributed by atoms with Crippen molar-refractivity contribution >= 4 is 27.6 Å². The quantitative estimate of drug-likeness (QED) is 0.632. The summed E-state index contributed by atoms with van der Waals surface area (Å²) in [6, 6.07) is 6.90. The summed E-state index contributed by atoms with van der Waals surface area (Å²) >= 11 is 0. The Morgan fingerprint density at radius 2 is 1.84 bits per heavy atom. The summed E-state index contributed by atoms with van der Waals surface area (Å²) in [6.45, 7) is 0. The van der Waals surface area contributed by atoms with E-state index in [2.05, 4.69) is 9.97 Å². The Bertz CT molecular complexity index is 781. The Morgan fingerprint density at radius 1 is 1.05 bits per heavy atom. The van der Waals surface area contributed by atoms with Gasteiger partial charge in [0.15, 0.2) is 5.82 Å². The number of halogens is 3. The van der Waals surface area contributed by atoms with E-state index in [1.54, 1.807) is 18.3 Å². The first-order valence-corrected chi connectivity index (χ1v) is 5.48. The van der Waals surface area contributed by atoms with Crippen molar-refractivity contribution in [1.29, 1.82) is 0 Å². The molecule has 0 fully saturated rings. The number of nitrogen functional groups attached to an aromatic ring is 1. The summed E-state index contributed by atoms with van der Waals surface area (Å²) in [5.74, 6) is 0.127. The van der Waals surface area contributed by atoms with Gasteiger partial charge in [-0.15, -0.1) is 0 Å². The standard InChI is InChI=1S/C13H8F3N3/c14-13(15,16)7-3-4-8-9-2-1-5-18-11(9)12(17)19-10(8)6-7/h1-6H,(H2,17,19). The SMILES string of the molecule is Nc1nc2cc(C(F)(F)F)ccc2c2cccnc12. The first-order valence-electron chi connectivity index (χ1n) is 5.48. The van der Waals surface area contributed by atoms with E-state index in [9.17, 15) is 13.2 Å². The van der Waals surface area contributed by atoms with Crippen molar-refractivity contribution < 1.29 is 13.2 Å². The molecule has 3 rings (SSSR count). The maximum absolute atomic E-state index is 12.7. The first kappa shape index (κ1) is 11.7. The molecule has 0 unspecified atom stereocenters. The summed E-state index contributed by atoms with van der Waals surface area (Å²) in [6.07, 6.45) is -2.83. The van der Waals surface area contributed by atoms with E-state index in [0.717, 1.165) is 12.1 Å². The molecule has 3 nitrogen and oxygen atoms in total. The minimum absolute atomic E-state index is 0.127. The van der Waals surface area contributed by atoms with Gasteiger partial charge in [0.2, 0.25) is 0 Å². The van der Waals surface area contributed by atoms with E-state index in [-0.39, 0.29) is 11.3 Å². The van der Waals surface area contributed by atoms with Crippen molar-refractivity contribution in [3.63, 3.8) is 0 Å². The van der Waals surface area contributed by atoms with E-state index in [4.69, 9.17) is 5.73 Å². The van der Waals surface area contributed by atoms with Crippen LogP contribution in [0.2, 0.25) is 0 Å². The van der Waals surface area contributed by atoms with Crippen molar-refractivity contribution in [3.8, 4) is 0 Å². The molecule has 0 saturated carbocycles. The number of rotatable bonds is 0. The monoisotopic (exact) mass is 263 g/mol. The zero-order chi connectivity index (χ0) is 13.6. The van der Waals surface area contributed by atoms with Gasteiger partial charge < -0.3 is 5.73 Å².